The van der Waals surface area contributed by atoms with Crippen LogP contribution in [-0.2, 0) is 4.74 Å². The summed E-state index contributed by atoms with van der Waals surface area (Å²) in [5.74, 6) is 0. The molecular formula is C7H13NOS2. The summed E-state index contributed by atoms with van der Waals surface area (Å²) < 4.78 is 6.27. The Kier molecular flexibility index (Phi) is 3.62. The summed E-state index contributed by atoms with van der Waals surface area (Å²) in [7, 11) is 0. The van der Waals surface area contributed by atoms with Crippen LogP contribution in [0.4, 0.5) is 0 Å². The maximum absolute atomic E-state index is 5.41. The second kappa shape index (κ2) is 4.28. The molecule has 0 amide bonds. The Hall–Kier alpha value is 0.200. The third-order valence-corrected chi connectivity index (χ3v) is 2.83. The zero-order chi connectivity index (χ0) is 8.27. The van der Waals surface area contributed by atoms with Gasteiger partial charge in [0.2, 0.25) is 0 Å². The van der Waals surface area contributed by atoms with Crippen LogP contribution >= 0.6 is 24.0 Å². The average molecular weight is 191 g/mol. The van der Waals surface area contributed by atoms with Crippen LogP contribution in [0.25, 0.3) is 0 Å². The molecule has 1 aliphatic heterocycles. The van der Waals surface area contributed by atoms with Crippen molar-refractivity contribution in [2.45, 2.75) is 31.7 Å². The van der Waals surface area contributed by atoms with Gasteiger partial charge in [-0.2, -0.15) is 0 Å². The van der Waals surface area contributed by atoms with Gasteiger partial charge in [-0.15, -0.1) is 0 Å². The molecule has 0 aromatic rings. The summed E-state index contributed by atoms with van der Waals surface area (Å²) in [6.07, 6.45) is 1.18. The molecular weight excluding hydrogens is 178 g/mol. The van der Waals surface area contributed by atoms with Gasteiger partial charge in [0.15, 0.2) is 0 Å². The van der Waals surface area contributed by atoms with E-state index < -0.39 is 0 Å². The van der Waals surface area contributed by atoms with Crippen molar-refractivity contribution in [3.05, 3.63) is 0 Å². The monoisotopic (exact) mass is 191 g/mol. The Labute approximate surface area is 77.1 Å². The van der Waals surface area contributed by atoms with Gasteiger partial charge in [0.1, 0.15) is 10.5 Å². The molecule has 0 bridgehead atoms. The van der Waals surface area contributed by atoms with E-state index in [0.29, 0.717) is 5.25 Å². The van der Waals surface area contributed by atoms with Crippen LogP contribution in [0.5, 0.6) is 0 Å². The van der Waals surface area contributed by atoms with Gasteiger partial charge in [0.25, 0.3) is 0 Å². The predicted octanol–water partition coefficient (Wildman–Crippen LogP) is 1.75. The first-order valence-corrected chi connectivity index (χ1v) is 5.10. The van der Waals surface area contributed by atoms with E-state index in [1.807, 2.05) is 6.92 Å². The Morgan fingerprint density at radius 2 is 2.55 bits per heavy atom. The first-order valence-electron chi connectivity index (χ1n) is 3.81. The van der Waals surface area contributed by atoms with E-state index in [1.165, 1.54) is 0 Å². The standard InChI is InChI=1S/C7H13NOS2/c1-3-9-6-4-5(2)11-7(10)8-6/h5-6H,3-4H2,1-2H3,(H,8,10). The number of ether oxygens (including phenoxy) is 1. The summed E-state index contributed by atoms with van der Waals surface area (Å²) in [4.78, 5) is 0. The van der Waals surface area contributed by atoms with Gasteiger partial charge in [0, 0.05) is 18.3 Å². The first kappa shape index (κ1) is 9.29. The quantitative estimate of drug-likeness (QED) is 0.671. The van der Waals surface area contributed by atoms with Crippen molar-refractivity contribution < 1.29 is 4.74 Å². The summed E-state index contributed by atoms with van der Waals surface area (Å²) >= 11 is 6.76. The van der Waals surface area contributed by atoms with Crippen LogP contribution < -0.4 is 5.32 Å². The molecule has 11 heavy (non-hydrogen) atoms. The maximum Gasteiger partial charge on any atom is 0.136 e. The maximum atomic E-state index is 5.41. The molecule has 0 spiro atoms. The Morgan fingerprint density at radius 1 is 1.82 bits per heavy atom. The molecule has 0 radical (unpaired) electrons. The third kappa shape index (κ3) is 2.97. The molecule has 0 aliphatic carbocycles. The highest BCUT2D eigenvalue weighted by atomic mass is 32.2. The van der Waals surface area contributed by atoms with Gasteiger partial charge in [-0.25, -0.2) is 0 Å². The second-order valence-corrected chi connectivity index (χ2v) is 4.66. The summed E-state index contributed by atoms with van der Waals surface area (Å²) in [6, 6.07) is 0. The first-order chi connectivity index (χ1) is 5.22. The number of hydrogen-bond acceptors (Lipinski definition) is 3. The van der Waals surface area contributed by atoms with E-state index in [4.69, 9.17) is 17.0 Å². The second-order valence-electron chi connectivity index (χ2n) is 2.54. The molecule has 0 aromatic carbocycles. The van der Waals surface area contributed by atoms with Crippen LogP contribution in [-0.4, -0.2) is 22.4 Å². The average Bonchev–Trinajstić information content (AvgIpc) is 1.85. The molecule has 1 saturated heterocycles. The van der Waals surface area contributed by atoms with Crippen molar-refractivity contribution >= 4 is 28.3 Å². The van der Waals surface area contributed by atoms with E-state index >= 15 is 0 Å². The Balaban J connectivity index is 2.36. The fourth-order valence-corrected chi connectivity index (χ4v) is 2.53. The van der Waals surface area contributed by atoms with Gasteiger partial charge < -0.3 is 10.1 Å². The highest BCUT2D eigenvalue weighted by molar-refractivity contribution is 8.23. The molecule has 1 fully saturated rings. The van der Waals surface area contributed by atoms with Gasteiger partial charge in [-0.1, -0.05) is 30.9 Å². The molecule has 1 heterocycles. The molecule has 64 valence electrons. The smallest absolute Gasteiger partial charge is 0.136 e. The number of thiocarbonyl (C=S) groups is 1. The Morgan fingerprint density at radius 3 is 3.09 bits per heavy atom. The molecule has 0 aromatic heterocycles. The lowest BCUT2D eigenvalue weighted by atomic mass is 10.3. The summed E-state index contributed by atoms with van der Waals surface area (Å²) in [6.45, 7) is 4.92. The summed E-state index contributed by atoms with van der Waals surface area (Å²) in [5, 5.41) is 3.70. The van der Waals surface area contributed by atoms with E-state index in [2.05, 4.69) is 12.2 Å². The zero-order valence-electron chi connectivity index (χ0n) is 6.79. The molecule has 1 rings (SSSR count). The van der Waals surface area contributed by atoms with Crippen molar-refractivity contribution in [1.82, 2.24) is 5.32 Å². The van der Waals surface area contributed by atoms with Crippen molar-refractivity contribution in [3.63, 3.8) is 0 Å². The fourth-order valence-electron chi connectivity index (χ4n) is 1.07. The highest BCUT2D eigenvalue weighted by Crippen LogP contribution is 2.22. The van der Waals surface area contributed by atoms with E-state index in [9.17, 15) is 0 Å². The normalized spacial score (nSPS) is 31.6. The van der Waals surface area contributed by atoms with Crippen LogP contribution in [0.2, 0.25) is 0 Å². The highest BCUT2D eigenvalue weighted by Gasteiger charge is 2.21. The molecule has 4 heteroatoms. The predicted molar refractivity (Wildman–Crippen MR) is 52.8 cm³/mol. The topological polar surface area (TPSA) is 21.3 Å². The minimum Gasteiger partial charge on any atom is -0.359 e. The molecule has 2 atom stereocenters. The van der Waals surface area contributed by atoms with Gasteiger partial charge in [-0.3, -0.25) is 0 Å². The third-order valence-electron chi connectivity index (χ3n) is 1.50. The van der Waals surface area contributed by atoms with Crippen LogP contribution in [0, 0.1) is 0 Å². The lowest BCUT2D eigenvalue weighted by Crippen LogP contribution is -2.41. The molecule has 2 nitrogen and oxygen atoms in total. The van der Waals surface area contributed by atoms with Crippen LogP contribution in [0.3, 0.4) is 0 Å². The lowest BCUT2D eigenvalue weighted by molar-refractivity contribution is 0.0467. The van der Waals surface area contributed by atoms with Crippen molar-refractivity contribution in [2.24, 2.45) is 0 Å². The number of thioether (sulfide) groups is 1. The minimum atomic E-state index is 0.142. The largest absolute Gasteiger partial charge is 0.359 e. The number of rotatable bonds is 2. The van der Waals surface area contributed by atoms with Crippen molar-refractivity contribution in [1.29, 1.82) is 0 Å². The SMILES string of the molecule is CCOC1CC(C)SC(=S)N1. The molecule has 1 aliphatic rings. The molecule has 0 saturated carbocycles. The van der Waals surface area contributed by atoms with Gasteiger partial charge >= 0.3 is 0 Å². The number of nitrogens with one attached hydrogen (secondary N) is 1. The van der Waals surface area contributed by atoms with Crippen molar-refractivity contribution in [3.8, 4) is 0 Å². The van der Waals surface area contributed by atoms with Crippen molar-refractivity contribution in [2.75, 3.05) is 6.61 Å². The van der Waals surface area contributed by atoms with Gasteiger partial charge in [-0.05, 0) is 6.92 Å². The van der Waals surface area contributed by atoms with Crippen LogP contribution in [0.15, 0.2) is 0 Å². The summed E-state index contributed by atoms with van der Waals surface area (Å²) in [5.41, 5.74) is 0. The number of hydrogen-bond donors (Lipinski definition) is 1. The van der Waals surface area contributed by atoms with E-state index in [1.54, 1.807) is 11.8 Å². The van der Waals surface area contributed by atoms with E-state index in [0.717, 1.165) is 17.3 Å². The Bertz CT molecular complexity index is 151. The van der Waals surface area contributed by atoms with Gasteiger partial charge in [0.05, 0.1) is 0 Å². The van der Waals surface area contributed by atoms with Crippen LogP contribution in [0.1, 0.15) is 20.3 Å². The minimum absolute atomic E-state index is 0.142. The molecule has 2 unspecified atom stereocenters. The fraction of sp³-hybridized carbons (Fsp3) is 0.857. The van der Waals surface area contributed by atoms with E-state index in [-0.39, 0.29) is 6.23 Å². The zero-order valence-corrected chi connectivity index (χ0v) is 8.43. The molecule has 1 N–H and O–H groups in total. The lowest BCUT2D eigenvalue weighted by Gasteiger charge is -2.28.